The number of hydrogen-bond donors (Lipinski definition) is 2. The lowest BCUT2D eigenvalue weighted by Gasteiger charge is -2.18. The first-order valence-corrected chi connectivity index (χ1v) is 6.70. The molecule has 0 saturated carbocycles. The summed E-state index contributed by atoms with van der Waals surface area (Å²) >= 11 is 0. The first-order chi connectivity index (χ1) is 10.1. The summed E-state index contributed by atoms with van der Waals surface area (Å²) in [6.45, 7) is 1.53. The van der Waals surface area contributed by atoms with Crippen molar-refractivity contribution in [1.29, 1.82) is 5.41 Å². The third-order valence-corrected chi connectivity index (χ3v) is 3.19. The highest BCUT2D eigenvalue weighted by Crippen LogP contribution is 2.19. The fourth-order valence-electron chi connectivity index (χ4n) is 2.21. The molecule has 0 spiro atoms. The molecule has 5 nitrogen and oxygen atoms in total. The number of pyridine rings is 1. The van der Waals surface area contributed by atoms with E-state index in [0.29, 0.717) is 5.69 Å². The smallest absolute Gasteiger partial charge is 0.141 e. The fraction of sp³-hybridized carbons (Fsp3) is 0.250. The van der Waals surface area contributed by atoms with Gasteiger partial charge in [-0.05, 0) is 30.8 Å². The van der Waals surface area contributed by atoms with Gasteiger partial charge >= 0.3 is 0 Å². The lowest BCUT2D eigenvalue weighted by Crippen LogP contribution is -2.19. The van der Waals surface area contributed by atoms with Crippen molar-refractivity contribution in [2.75, 3.05) is 14.2 Å². The van der Waals surface area contributed by atoms with Gasteiger partial charge in [-0.15, -0.1) is 0 Å². The normalized spacial score (nSPS) is 10.6. The summed E-state index contributed by atoms with van der Waals surface area (Å²) in [6, 6.07) is 11.8. The van der Waals surface area contributed by atoms with Crippen LogP contribution in [0.4, 0.5) is 0 Å². The molecule has 5 heteroatoms. The molecule has 2 aromatic rings. The lowest BCUT2D eigenvalue weighted by molar-refractivity contribution is 0.310. The quantitative estimate of drug-likeness (QED) is 0.628. The number of aromatic nitrogens is 1. The van der Waals surface area contributed by atoms with E-state index in [4.69, 9.17) is 15.9 Å². The molecule has 1 aromatic carbocycles. The number of amidine groups is 1. The van der Waals surface area contributed by atoms with Crippen LogP contribution >= 0.6 is 0 Å². The van der Waals surface area contributed by atoms with Crippen LogP contribution in [0.5, 0.6) is 5.75 Å². The zero-order valence-electron chi connectivity index (χ0n) is 12.3. The molecule has 110 valence electrons. The Labute approximate surface area is 124 Å². The monoisotopic (exact) mass is 284 g/mol. The molecular weight excluding hydrogens is 264 g/mol. The van der Waals surface area contributed by atoms with Crippen molar-refractivity contribution >= 4 is 5.84 Å². The van der Waals surface area contributed by atoms with Gasteiger partial charge in [-0.1, -0.05) is 18.2 Å². The van der Waals surface area contributed by atoms with Crippen LogP contribution in [0.2, 0.25) is 0 Å². The minimum atomic E-state index is -0.00997. The van der Waals surface area contributed by atoms with Crippen molar-refractivity contribution in [1.82, 2.24) is 9.88 Å². The Bertz CT molecular complexity index is 627. The molecule has 1 heterocycles. The highest BCUT2D eigenvalue weighted by Gasteiger charge is 2.07. The van der Waals surface area contributed by atoms with E-state index in [-0.39, 0.29) is 5.84 Å². The number of methoxy groups -OCH3 is 1. The van der Waals surface area contributed by atoms with Gasteiger partial charge in [0.05, 0.1) is 7.11 Å². The molecule has 3 N–H and O–H groups in total. The van der Waals surface area contributed by atoms with Crippen LogP contribution in [0, 0.1) is 5.41 Å². The largest absolute Gasteiger partial charge is 0.496 e. The molecule has 0 radical (unpaired) electrons. The number of benzene rings is 1. The van der Waals surface area contributed by atoms with Gasteiger partial charge in [0.25, 0.3) is 0 Å². The number of ether oxygens (including phenoxy) is 1. The highest BCUT2D eigenvalue weighted by atomic mass is 16.5. The van der Waals surface area contributed by atoms with Crippen LogP contribution in [0.1, 0.15) is 16.8 Å². The molecule has 2 rings (SSSR count). The van der Waals surface area contributed by atoms with E-state index in [1.54, 1.807) is 13.3 Å². The SMILES string of the molecule is COc1ccccc1CN(C)Cc1ccnc(C(=N)N)c1. The van der Waals surface area contributed by atoms with E-state index in [0.717, 1.165) is 30.0 Å². The number of hydrogen-bond acceptors (Lipinski definition) is 4. The van der Waals surface area contributed by atoms with Gasteiger partial charge < -0.3 is 10.5 Å². The Hall–Kier alpha value is -2.40. The summed E-state index contributed by atoms with van der Waals surface area (Å²) < 4.78 is 5.37. The van der Waals surface area contributed by atoms with Gasteiger partial charge in [0.2, 0.25) is 0 Å². The molecule has 0 bridgehead atoms. The van der Waals surface area contributed by atoms with E-state index in [1.165, 1.54) is 0 Å². The van der Waals surface area contributed by atoms with Gasteiger partial charge in [-0.2, -0.15) is 0 Å². The summed E-state index contributed by atoms with van der Waals surface area (Å²) in [4.78, 5) is 6.25. The number of nitrogens with zero attached hydrogens (tertiary/aromatic N) is 2. The lowest BCUT2D eigenvalue weighted by atomic mass is 10.1. The zero-order chi connectivity index (χ0) is 15.2. The Morgan fingerprint density at radius 2 is 2.05 bits per heavy atom. The number of nitrogens with one attached hydrogen (secondary N) is 1. The van der Waals surface area contributed by atoms with E-state index in [9.17, 15) is 0 Å². The van der Waals surface area contributed by atoms with E-state index in [2.05, 4.69) is 16.0 Å². The van der Waals surface area contributed by atoms with E-state index in [1.807, 2.05) is 37.4 Å². The van der Waals surface area contributed by atoms with Crippen LogP contribution < -0.4 is 10.5 Å². The topological polar surface area (TPSA) is 75.2 Å². The zero-order valence-corrected chi connectivity index (χ0v) is 12.3. The second-order valence-electron chi connectivity index (χ2n) is 4.95. The van der Waals surface area contributed by atoms with Gasteiger partial charge in [-0.3, -0.25) is 15.3 Å². The standard InChI is InChI=1S/C16H20N4O/c1-20(11-13-5-3-4-6-15(13)21-2)10-12-7-8-19-14(9-12)16(17)18/h3-9H,10-11H2,1-2H3,(H3,17,18). The van der Waals surface area contributed by atoms with Gasteiger partial charge in [0.1, 0.15) is 17.3 Å². The summed E-state index contributed by atoms with van der Waals surface area (Å²) in [5.74, 6) is 0.882. The second-order valence-corrected chi connectivity index (χ2v) is 4.95. The molecule has 0 aliphatic heterocycles. The minimum Gasteiger partial charge on any atom is -0.496 e. The van der Waals surface area contributed by atoms with E-state index < -0.39 is 0 Å². The number of para-hydroxylation sites is 1. The van der Waals surface area contributed by atoms with Crippen LogP contribution in [0.15, 0.2) is 42.6 Å². The number of nitrogens with two attached hydrogens (primary N) is 1. The van der Waals surface area contributed by atoms with Crippen LogP contribution in [-0.4, -0.2) is 29.9 Å². The maximum absolute atomic E-state index is 7.43. The van der Waals surface area contributed by atoms with Gasteiger partial charge in [0, 0.05) is 24.8 Å². The fourth-order valence-corrected chi connectivity index (χ4v) is 2.21. The molecule has 21 heavy (non-hydrogen) atoms. The van der Waals surface area contributed by atoms with Crippen molar-refractivity contribution in [2.45, 2.75) is 13.1 Å². The Morgan fingerprint density at radius 1 is 1.29 bits per heavy atom. The van der Waals surface area contributed by atoms with Crippen molar-refractivity contribution in [3.05, 3.63) is 59.4 Å². The van der Waals surface area contributed by atoms with Crippen molar-refractivity contribution in [3.63, 3.8) is 0 Å². The molecule has 0 saturated heterocycles. The Kier molecular flexibility index (Phi) is 4.90. The third-order valence-electron chi connectivity index (χ3n) is 3.19. The molecule has 0 fully saturated rings. The van der Waals surface area contributed by atoms with Gasteiger partial charge in [0.15, 0.2) is 0 Å². The van der Waals surface area contributed by atoms with Crippen LogP contribution in [0.25, 0.3) is 0 Å². The van der Waals surface area contributed by atoms with E-state index >= 15 is 0 Å². The predicted octanol–water partition coefficient (Wildman–Crippen LogP) is 2.01. The van der Waals surface area contributed by atoms with Crippen molar-refractivity contribution < 1.29 is 4.74 Å². The van der Waals surface area contributed by atoms with Crippen LogP contribution in [-0.2, 0) is 13.1 Å². The summed E-state index contributed by atoms with van der Waals surface area (Å²) in [5.41, 5.74) is 8.20. The molecule has 0 amide bonds. The molecule has 0 atom stereocenters. The number of rotatable bonds is 6. The summed E-state index contributed by atoms with van der Waals surface area (Å²) in [5, 5.41) is 7.43. The maximum Gasteiger partial charge on any atom is 0.141 e. The first kappa shape index (κ1) is 15.0. The predicted molar refractivity (Wildman–Crippen MR) is 83.4 cm³/mol. The molecule has 1 aromatic heterocycles. The van der Waals surface area contributed by atoms with Gasteiger partial charge in [-0.25, -0.2) is 0 Å². The molecular formula is C16H20N4O. The molecule has 0 unspecified atom stereocenters. The first-order valence-electron chi connectivity index (χ1n) is 6.70. The average Bonchev–Trinajstić information content (AvgIpc) is 2.48. The highest BCUT2D eigenvalue weighted by molar-refractivity contribution is 5.93. The number of nitrogen functional groups attached to an aromatic ring is 1. The Morgan fingerprint density at radius 3 is 2.76 bits per heavy atom. The van der Waals surface area contributed by atoms with Crippen molar-refractivity contribution in [3.8, 4) is 5.75 Å². The molecule has 0 aliphatic rings. The minimum absolute atomic E-state index is 0.00997. The third kappa shape index (κ3) is 4.03. The average molecular weight is 284 g/mol. The van der Waals surface area contributed by atoms with Crippen LogP contribution in [0.3, 0.4) is 0 Å². The maximum atomic E-state index is 7.43. The second kappa shape index (κ2) is 6.85. The van der Waals surface area contributed by atoms with Crippen molar-refractivity contribution in [2.24, 2.45) is 5.73 Å². The summed E-state index contributed by atoms with van der Waals surface area (Å²) in [6.07, 6.45) is 1.68. The molecule has 0 aliphatic carbocycles. The Balaban J connectivity index is 2.06. The summed E-state index contributed by atoms with van der Waals surface area (Å²) in [7, 11) is 3.72.